The number of hydrogen-bond acceptors (Lipinski definition) is 4. The molecule has 1 aliphatic rings. The Bertz CT molecular complexity index is 1010. The fraction of sp³-hybridized carbons (Fsp3) is 0.211. The van der Waals surface area contributed by atoms with E-state index in [4.69, 9.17) is 11.6 Å². The maximum absolute atomic E-state index is 12.5. The molecule has 3 aromatic rings. The maximum atomic E-state index is 12.5. The number of aromatic nitrogens is 3. The third-order valence-electron chi connectivity index (χ3n) is 4.63. The molecule has 0 radical (unpaired) electrons. The van der Waals surface area contributed by atoms with E-state index in [1.165, 1.54) is 6.33 Å². The van der Waals surface area contributed by atoms with Crippen LogP contribution in [-0.4, -0.2) is 34.5 Å². The lowest BCUT2D eigenvalue weighted by Gasteiger charge is -2.08. The Morgan fingerprint density at radius 1 is 1.27 bits per heavy atom. The van der Waals surface area contributed by atoms with Crippen LogP contribution in [0.1, 0.15) is 21.5 Å². The van der Waals surface area contributed by atoms with Gasteiger partial charge >= 0.3 is 0 Å². The van der Waals surface area contributed by atoms with Gasteiger partial charge in [-0.1, -0.05) is 17.7 Å². The number of aryl methyl sites for hydroxylation is 1. The molecule has 26 heavy (non-hydrogen) atoms. The Labute approximate surface area is 156 Å². The van der Waals surface area contributed by atoms with Gasteiger partial charge in [-0.15, -0.1) is 0 Å². The second-order valence-electron chi connectivity index (χ2n) is 6.24. The molecule has 0 saturated heterocycles. The number of anilines is 1. The summed E-state index contributed by atoms with van der Waals surface area (Å²) < 4.78 is 0. The van der Waals surface area contributed by atoms with Crippen LogP contribution in [0.15, 0.2) is 30.6 Å². The van der Waals surface area contributed by atoms with Crippen molar-refractivity contribution in [3.05, 3.63) is 52.3 Å². The number of benzene rings is 1. The van der Waals surface area contributed by atoms with Gasteiger partial charge in [-0.25, -0.2) is 9.97 Å². The number of carbonyl (C=O) groups is 1. The van der Waals surface area contributed by atoms with Crippen molar-refractivity contribution in [3.8, 4) is 22.6 Å². The first kappa shape index (κ1) is 16.6. The van der Waals surface area contributed by atoms with Crippen LogP contribution >= 0.6 is 11.6 Å². The van der Waals surface area contributed by atoms with Gasteiger partial charge in [0, 0.05) is 29.7 Å². The summed E-state index contributed by atoms with van der Waals surface area (Å²) in [6, 6.07) is 7.49. The van der Waals surface area contributed by atoms with Gasteiger partial charge in [0.05, 0.1) is 22.6 Å². The van der Waals surface area contributed by atoms with Gasteiger partial charge in [-0.3, -0.25) is 4.79 Å². The van der Waals surface area contributed by atoms with Crippen LogP contribution in [0, 0.1) is 6.92 Å². The number of halogens is 1. The van der Waals surface area contributed by atoms with E-state index >= 15 is 0 Å². The first-order valence-corrected chi connectivity index (χ1v) is 8.76. The van der Waals surface area contributed by atoms with Gasteiger partial charge in [0.25, 0.3) is 5.91 Å². The predicted octanol–water partition coefficient (Wildman–Crippen LogP) is 3.43. The number of hydrogen-bond donors (Lipinski definition) is 3. The molecule has 4 rings (SSSR count). The third-order valence-corrected chi connectivity index (χ3v) is 4.86. The van der Waals surface area contributed by atoms with Crippen molar-refractivity contribution in [1.29, 1.82) is 0 Å². The van der Waals surface area contributed by atoms with E-state index in [-0.39, 0.29) is 5.91 Å². The van der Waals surface area contributed by atoms with Crippen LogP contribution in [0.4, 0.5) is 5.82 Å². The Morgan fingerprint density at radius 2 is 2.12 bits per heavy atom. The molecular weight excluding hydrogens is 350 g/mol. The highest BCUT2D eigenvalue weighted by Gasteiger charge is 2.23. The molecule has 1 aliphatic heterocycles. The van der Waals surface area contributed by atoms with Crippen molar-refractivity contribution < 1.29 is 4.79 Å². The molecule has 0 bridgehead atoms. The Kier molecular flexibility index (Phi) is 4.12. The van der Waals surface area contributed by atoms with Crippen LogP contribution in [0.5, 0.6) is 0 Å². The minimum absolute atomic E-state index is 0.161. The number of carbonyl (C=O) groups excluding carboxylic acids is 1. The Morgan fingerprint density at radius 3 is 2.92 bits per heavy atom. The summed E-state index contributed by atoms with van der Waals surface area (Å²) >= 11 is 6.19. The van der Waals surface area contributed by atoms with Gasteiger partial charge < -0.3 is 15.6 Å². The van der Waals surface area contributed by atoms with Crippen molar-refractivity contribution in [1.82, 2.24) is 20.3 Å². The van der Waals surface area contributed by atoms with E-state index < -0.39 is 0 Å². The summed E-state index contributed by atoms with van der Waals surface area (Å²) in [6.45, 7) is 2.83. The van der Waals surface area contributed by atoms with Crippen LogP contribution in [0.3, 0.4) is 0 Å². The van der Waals surface area contributed by atoms with Crippen molar-refractivity contribution in [2.75, 3.05) is 18.9 Å². The monoisotopic (exact) mass is 367 g/mol. The summed E-state index contributed by atoms with van der Waals surface area (Å²) in [5.41, 5.74) is 5.89. The summed E-state index contributed by atoms with van der Waals surface area (Å²) in [6.07, 6.45) is 2.39. The zero-order valence-electron chi connectivity index (χ0n) is 14.5. The van der Waals surface area contributed by atoms with Crippen LogP contribution in [0.25, 0.3) is 22.6 Å². The molecule has 6 nitrogen and oxygen atoms in total. The highest BCUT2D eigenvalue weighted by molar-refractivity contribution is 6.31. The average Bonchev–Trinajstić information content (AvgIpc) is 3.29. The quantitative estimate of drug-likeness (QED) is 0.662. The van der Waals surface area contributed by atoms with Crippen molar-refractivity contribution in [2.45, 2.75) is 13.3 Å². The molecule has 0 atom stereocenters. The van der Waals surface area contributed by atoms with Crippen LogP contribution in [-0.2, 0) is 6.42 Å². The molecule has 0 unspecified atom stereocenters. The first-order chi connectivity index (χ1) is 12.6. The minimum Gasteiger partial charge on any atom is -0.369 e. The predicted molar refractivity (Wildman–Crippen MR) is 103 cm³/mol. The number of H-pyrrole nitrogens is 1. The lowest BCUT2D eigenvalue weighted by molar-refractivity contribution is 0.0964. The summed E-state index contributed by atoms with van der Waals surface area (Å²) in [4.78, 5) is 24.6. The zero-order chi connectivity index (χ0) is 18.3. The number of rotatable bonds is 3. The van der Waals surface area contributed by atoms with E-state index in [2.05, 4.69) is 25.6 Å². The second-order valence-corrected chi connectivity index (χ2v) is 6.67. The topological polar surface area (TPSA) is 82.7 Å². The number of amides is 1. The maximum Gasteiger partial charge on any atom is 0.253 e. The molecule has 3 N–H and O–H groups in total. The molecule has 7 heteroatoms. The Balaban J connectivity index is 1.92. The lowest BCUT2D eigenvalue weighted by Crippen LogP contribution is -2.18. The molecule has 0 saturated carbocycles. The number of fused-ring (bicyclic) bond motifs is 1. The average molecular weight is 368 g/mol. The van der Waals surface area contributed by atoms with Crippen molar-refractivity contribution in [2.24, 2.45) is 0 Å². The van der Waals surface area contributed by atoms with E-state index in [1.807, 2.05) is 31.2 Å². The fourth-order valence-corrected chi connectivity index (χ4v) is 3.48. The lowest BCUT2D eigenvalue weighted by atomic mass is 10.0. The highest BCUT2D eigenvalue weighted by Crippen LogP contribution is 2.35. The van der Waals surface area contributed by atoms with Crippen LogP contribution < -0.4 is 10.6 Å². The fourth-order valence-electron chi connectivity index (χ4n) is 3.31. The highest BCUT2D eigenvalue weighted by atomic mass is 35.5. The van der Waals surface area contributed by atoms with Gasteiger partial charge in [-0.2, -0.15) is 0 Å². The van der Waals surface area contributed by atoms with Crippen LogP contribution in [0.2, 0.25) is 5.02 Å². The number of nitrogens with zero attached hydrogens (tertiary/aromatic N) is 2. The van der Waals surface area contributed by atoms with Crippen molar-refractivity contribution in [3.63, 3.8) is 0 Å². The first-order valence-electron chi connectivity index (χ1n) is 8.38. The van der Waals surface area contributed by atoms with E-state index in [1.54, 1.807) is 7.05 Å². The molecule has 2 aromatic heterocycles. The number of nitrogens with one attached hydrogen (secondary N) is 3. The van der Waals surface area contributed by atoms with E-state index in [9.17, 15) is 4.79 Å². The molecule has 3 heterocycles. The summed E-state index contributed by atoms with van der Waals surface area (Å²) in [5, 5.41) is 6.58. The SMILES string of the molecule is CNC(=O)c1cc(-c2ncnc3c2CCN3)[nH]c1-c1cc(Cl)ccc1C. The van der Waals surface area contributed by atoms with E-state index in [0.29, 0.717) is 10.6 Å². The zero-order valence-corrected chi connectivity index (χ0v) is 15.2. The molecule has 0 fully saturated rings. The van der Waals surface area contributed by atoms with E-state index in [0.717, 1.165) is 52.6 Å². The third kappa shape index (κ3) is 2.72. The Hall–Kier alpha value is -2.86. The van der Waals surface area contributed by atoms with Gasteiger partial charge in [0.1, 0.15) is 12.1 Å². The number of aromatic amines is 1. The summed E-state index contributed by atoms with van der Waals surface area (Å²) in [5.74, 6) is 0.692. The smallest absolute Gasteiger partial charge is 0.253 e. The largest absolute Gasteiger partial charge is 0.369 e. The minimum atomic E-state index is -0.161. The normalized spacial score (nSPS) is 12.6. The second kappa shape index (κ2) is 6.46. The molecule has 132 valence electrons. The molecule has 1 amide bonds. The van der Waals surface area contributed by atoms with Gasteiger partial charge in [-0.05, 0) is 37.1 Å². The molecular formula is C19H18ClN5O. The standard InChI is InChI=1S/C19H18ClN5O/c1-10-3-4-11(20)7-13(10)16-14(19(26)21-2)8-15(25-16)17-12-5-6-22-18(12)24-9-23-17/h3-4,7-9,25H,5-6H2,1-2H3,(H,21,26)(H,22,23,24). The summed E-state index contributed by atoms with van der Waals surface area (Å²) in [7, 11) is 1.62. The molecule has 0 aliphatic carbocycles. The van der Waals surface area contributed by atoms with Crippen molar-refractivity contribution >= 4 is 23.3 Å². The van der Waals surface area contributed by atoms with Gasteiger partial charge in [0.15, 0.2) is 0 Å². The van der Waals surface area contributed by atoms with Gasteiger partial charge in [0.2, 0.25) is 0 Å². The molecule has 0 spiro atoms. The molecule has 1 aromatic carbocycles.